The summed E-state index contributed by atoms with van der Waals surface area (Å²) in [6.45, 7) is 0. The third-order valence-electron chi connectivity index (χ3n) is 2.33. The molecule has 0 fully saturated rings. The molecule has 1 amide bonds. The maximum Gasteiger partial charge on any atom is 0.253 e. The molecule has 4 heteroatoms. The first-order valence-corrected chi connectivity index (χ1v) is 5.21. The molecule has 0 saturated heterocycles. The first-order valence-electron chi connectivity index (χ1n) is 4.83. The number of nitrogens with zero attached hydrogens (tertiary/aromatic N) is 1. The van der Waals surface area contributed by atoms with Crippen molar-refractivity contribution in [1.29, 1.82) is 0 Å². The van der Waals surface area contributed by atoms with Gasteiger partial charge in [0, 0.05) is 12.2 Å². The highest BCUT2D eigenvalue weighted by molar-refractivity contribution is 6.29. The SMILES string of the molecule is O=C(NC1CC=CC1)c1ccc(Cl)nc1. The molecule has 1 aliphatic carbocycles. The highest BCUT2D eigenvalue weighted by atomic mass is 35.5. The predicted molar refractivity (Wildman–Crippen MR) is 58.9 cm³/mol. The monoisotopic (exact) mass is 222 g/mol. The largest absolute Gasteiger partial charge is 0.349 e. The average Bonchev–Trinajstić information content (AvgIpc) is 2.71. The molecule has 0 atom stereocenters. The topological polar surface area (TPSA) is 42.0 Å². The van der Waals surface area contributed by atoms with Crippen LogP contribution in [0.25, 0.3) is 0 Å². The summed E-state index contributed by atoms with van der Waals surface area (Å²) >= 11 is 5.63. The van der Waals surface area contributed by atoms with Crippen molar-refractivity contribution in [2.45, 2.75) is 18.9 Å². The van der Waals surface area contributed by atoms with Crippen molar-refractivity contribution in [3.63, 3.8) is 0 Å². The molecule has 1 aromatic rings. The highest BCUT2D eigenvalue weighted by Crippen LogP contribution is 2.11. The van der Waals surface area contributed by atoms with Gasteiger partial charge in [0.2, 0.25) is 0 Å². The summed E-state index contributed by atoms with van der Waals surface area (Å²) in [7, 11) is 0. The van der Waals surface area contributed by atoms with E-state index in [1.54, 1.807) is 12.1 Å². The Hall–Kier alpha value is -1.35. The molecule has 1 heterocycles. The molecule has 78 valence electrons. The first-order chi connectivity index (χ1) is 7.25. The van der Waals surface area contributed by atoms with E-state index in [-0.39, 0.29) is 11.9 Å². The molecule has 3 nitrogen and oxygen atoms in total. The van der Waals surface area contributed by atoms with Crippen LogP contribution in [0.5, 0.6) is 0 Å². The second kappa shape index (κ2) is 4.45. The number of carbonyl (C=O) groups is 1. The number of aromatic nitrogens is 1. The van der Waals surface area contributed by atoms with Crippen LogP contribution in [0.4, 0.5) is 0 Å². The molecule has 0 unspecified atom stereocenters. The number of nitrogens with one attached hydrogen (secondary N) is 1. The Morgan fingerprint density at radius 2 is 2.13 bits per heavy atom. The molecule has 1 N–H and O–H groups in total. The minimum absolute atomic E-state index is 0.0899. The summed E-state index contributed by atoms with van der Waals surface area (Å²) < 4.78 is 0. The number of pyridine rings is 1. The van der Waals surface area contributed by atoms with E-state index in [1.165, 1.54) is 6.20 Å². The Kier molecular flexibility index (Phi) is 3.02. The van der Waals surface area contributed by atoms with Gasteiger partial charge in [-0.2, -0.15) is 0 Å². The number of amides is 1. The number of hydrogen-bond donors (Lipinski definition) is 1. The lowest BCUT2D eigenvalue weighted by Gasteiger charge is -2.11. The van der Waals surface area contributed by atoms with E-state index in [0.717, 1.165) is 12.8 Å². The van der Waals surface area contributed by atoms with Crippen LogP contribution in [0.15, 0.2) is 30.5 Å². The van der Waals surface area contributed by atoms with Crippen molar-refractivity contribution in [1.82, 2.24) is 10.3 Å². The standard InChI is InChI=1S/C11H11ClN2O/c12-10-6-5-8(7-13-10)11(15)14-9-3-1-2-4-9/h1-2,5-7,9H,3-4H2,(H,14,15). The molecule has 15 heavy (non-hydrogen) atoms. The van der Waals surface area contributed by atoms with Gasteiger partial charge in [-0.25, -0.2) is 4.98 Å². The van der Waals surface area contributed by atoms with Crippen LogP contribution < -0.4 is 5.32 Å². The minimum Gasteiger partial charge on any atom is -0.349 e. The molecule has 0 bridgehead atoms. The molecular formula is C11H11ClN2O. The molecule has 0 saturated carbocycles. The predicted octanol–water partition coefficient (Wildman–Crippen LogP) is 2.18. The van der Waals surface area contributed by atoms with E-state index in [1.807, 2.05) is 0 Å². The fraction of sp³-hybridized carbons (Fsp3) is 0.273. The van der Waals surface area contributed by atoms with Crippen LogP contribution in [0.2, 0.25) is 5.15 Å². The zero-order valence-electron chi connectivity index (χ0n) is 8.11. The molecular weight excluding hydrogens is 212 g/mol. The number of hydrogen-bond acceptors (Lipinski definition) is 2. The van der Waals surface area contributed by atoms with Gasteiger partial charge < -0.3 is 5.32 Å². The number of rotatable bonds is 2. The lowest BCUT2D eigenvalue weighted by Crippen LogP contribution is -2.32. The van der Waals surface area contributed by atoms with E-state index >= 15 is 0 Å². The van der Waals surface area contributed by atoms with Crippen molar-refractivity contribution < 1.29 is 4.79 Å². The fourth-order valence-corrected chi connectivity index (χ4v) is 1.63. The fourth-order valence-electron chi connectivity index (χ4n) is 1.51. The molecule has 0 radical (unpaired) electrons. The quantitative estimate of drug-likeness (QED) is 0.616. The van der Waals surface area contributed by atoms with Gasteiger partial charge in [-0.05, 0) is 25.0 Å². The number of halogens is 1. The summed E-state index contributed by atoms with van der Waals surface area (Å²) in [5.74, 6) is -0.0899. The van der Waals surface area contributed by atoms with Crippen LogP contribution in [0.3, 0.4) is 0 Å². The second-order valence-corrected chi connectivity index (χ2v) is 3.87. The van der Waals surface area contributed by atoms with Crippen LogP contribution in [-0.4, -0.2) is 16.9 Å². The lowest BCUT2D eigenvalue weighted by molar-refractivity contribution is 0.0938. The normalized spacial score (nSPS) is 15.5. The maximum atomic E-state index is 11.7. The molecule has 2 rings (SSSR count). The second-order valence-electron chi connectivity index (χ2n) is 3.48. The lowest BCUT2D eigenvalue weighted by atomic mass is 10.2. The Morgan fingerprint density at radius 3 is 2.73 bits per heavy atom. The first kappa shape index (κ1) is 10.2. The van der Waals surface area contributed by atoms with E-state index in [0.29, 0.717) is 10.7 Å². The van der Waals surface area contributed by atoms with Crippen LogP contribution in [0.1, 0.15) is 23.2 Å². The van der Waals surface area contributed by atoms with Gasteiger partial charge in [-0.1, -0.05) is 23.8 Å². The van der Waals surface area contributed by atoms with E-state index in [9.17, 15) is 4.79 Å². The van der Waals surface area contributed by atoms with Gasteiger partial charge in [0.25, 0.3) is 5.91 Å². The van der Waals surface area contributed by atoms with Crippen molar-refractivity contribution in [2.75, 3.05) is 0 Å². The Labute approximate surface area is 93.2 Å². The van der Waals surface area contributed by atoms with E-state index in [4.69, 9.17) is 11.6 Å². The van der Waals surface area contributed by atoms with Gasteiger partial charge in [0.05, 0.1) is 5.56 Å². The summed E-state index contributed by atoms with van der Waals surface area (Å²) in [5, 5.41) is 3.33. The van der Waals surface area contributed by atoms with Crippen molar-refractivity contribution >= 4 is 17.5 Å². The Balaban J connectivity index is 1.98. The van der Waals surface area contributed by atoms with Gasteiger partial charge in [-0.15, -0.1) is 0 Å². The molecule has 1 aliphatic rings. The molecule has 1 aromatic heterocycles. The minimum atomic E-state index is -0.0899. The molecule has 0 aliphatic heterocycles. The molecule has 0 spiro atoms. The Morgan fingerprint density at radius 1 is 1.40 bits per heavy atom. The summed E-state index contributed by atoms with van der Waals surface area (Å²) in [6, 6.07) is 3.52. The summed E-state index contributed by atoms with van der Waals surface area (Å²) in [6.07, 6.45) is 7.45. The van der Waals surface area contributed by atoms with Crippen molar-refractivity contribution in [3.8, 4) is 0 Å². The van der Waals surface area contributed by atoms with Crippen LogP contribution in [0, 0.1) is 0 Å². The highest BCUT2D eigenvalue weighted by Gasteiger charge is 2.14. The van der Waals surface area contributed by atoms with E-state index < -0.39 is 0 Å². The maximum absolute atomic E-state index is 11.7. The van der Waals surface area contributed by atoms with Crippen LogP contribution in [-0.2, 0) is 0 Å². The zero-order valence-corrected chi connectivity index (χ0v) is 8.87. The number of carbonyl (C=O) groups excluding carboxylic acids is 1. The average molecular weight is 223 g/mol. The summed E-state index contributed by atoms with van der Waals surface area (Å²) in [5.41, 5.74) is 0.548. The molecule has 0 aromatic carbocycles. The smallest absolute Gasteiger partial charge is 0.253 e. The van der Waals surface area contributed by atoms with Crippen LogP contribution >= 0.6 is 11.6 Å². The van der Waals surface area contributed by atoms with Crippen molar-refractivity contribution in [2.24, 2.45) is 0 Å². The third kappa shape index (κ3) is 2.57. The van der Waals surface area contributed by atoms with E-state index in [2.05, 4.69) is 22.5 Å². The Bertz CT molecular complexity index is 378. The van der Waals surface area contributed by atoms with Crippen molar-refractivity contribution in [3.05, 3.63) is 41.2 Å². The van der Waals surface area contributed by atoms with Gasteiger partial charge >= 0.3 is 0 Å². The summed E-state index contributed by atoms with van der Waals surface area (Å²) in [4.78, 5) is 15.6. The zero-order chi connectivity index (χ0) is 10.7. The van der Waals surface area contributed by atoms with Gasteiger partial charge in [-0.3, -0.25) is 4.79 Å². The van der Waals surface area contributed by atoms with Gasteiger partial charge in [0.15, 0.2) is 0 Å². The third-order valence-corrected chi connectivity index (χ3v) is 2.56. The van der Waals surface area contributed by atoms with Gasteiger partial charge in [0.1, 0.15) is 5.15 Å².